The van der Waals surface area contributed by atoms with Crippen LogP contribution in [0.15, 0.2) is 42.0 Å². The number of rotatable bonds is 7. The first kappa shape index (κ1) is 21.9. The first-order valence-corrected chi connectivity index (χ1v) is 11.3. The van der Waals surface area contributed by atoms with Gasteiger partial charge in [-0.25, -0.2) is 14.1 Å². The highest BCUT2D eigenvalue weighted by molar-refractivity contribution is 5.82. The lowest BCUT2D eigenvalue weighted by Gasteiger charge is -2.13. The lowest BCUT2D eigenvalue weighted by atomic mass is 10.1. The molecule has 10 heteroatoms. The Labute approximate surface area is 195 Å². The largest absolute Gasteiger partial charge is 0.399 e. The fourth-order valence-electron chi connectivity index (χ4n) is 4.25. The highest BCUT2D eigenvalue weighted by Gasteiger charge is 2.29. The molecule has 1 aliphatic carbocycles. The summed E-state index contributed by atoms with van der Waals surface area (Å²) in [5, 5.41) is 9.40. The predicted octanol–water partition coefficient (Wildman–Crippen LogP) is 3.15. The number of nitrogen functional groups attached to an aromatic ring is 1. The summed E-state index contributed by atoms with van der Waals surface area (Å²) in [5.41, 5.74) is 14.9. The molecule has 1 aliphatic rings. The number of nitrogens with zero attached hydrogens (tertiary/aromatic N) is 6. The normalized spacial score (nSPS) is 13.8. The zero-order chi connectivity index (χ0) is 24.1. The fourth-order valence-corrected chi connectivity index (χ4v) is 4.25. The van der Waals surface area contributed by atoms with E-state index in [4.69, 9.17) is 16.6 Å². The molecule has 4 aromatic rings. The standard InChI is InChI=1S/C24H27FN8O/c1-13(2)10-31-11-15(9-28-31)22-21(14(3)26)23(27)32(30-22)12-20-29-19-7-4-16(25)8-18(19)24(34)33(20)17-5-6-17/h4,7-9,11,13,17H,3,5-6,10,12,26-27H2,1-2H3. The highest BCUT2D eigenvalue weighted by Crippen LogP contribution is 2.36. The molecule has 1 fully saturated rings. The van der Waals surface area contributed by atoms with Gasteiger partial charge in [0.2, 0.25) is 0 Å². The predicted molar refractivity (Wildman–Crippen MR) is 129 cm³/mol. The Morgan fingerprint density at radius 3 is 2.76 bits per heavy atom. The second-order valence-electron chi connectivity index (χ2n) is 9.23. The zero-order valence-electron chi connectivity index (χ0n) is 19.2. The first-order valence-electron chi connectivity index (χ1n) is 11.3. The van der Waals surface area contributed by atoms with Crippen LogP contribution in [0.2, 0.25) is 0 Å². The summed E-state index contributed by atoms with van der Waals surface area (Å²) in [4.78, 5) is 17.9. The summed E-state index contributed by atoms with van der Waals surface area (Å²) in [7, 11) is 0. The van der Waals surface area contributed by atoms with E-state index in [1.165, 1.54) is 18.2 Å². The summed E-state index contributed by atoms with van der Waals surface area (Å²) in [6, 6.07) is 4.09. The molecule has 9 nitrogen and oxygen atoms in total. The van der Waals surface area contributed by atoms with Crippen LogP contribution in [0.5, 0.6) is 0 Å². The van der Waals surface area contributed by atoms with Crippen LogP contribution >= 0.6 is 0 Å². The third-order valence-corrected chi connectivity index (χ3v) is 5.91. The van der Waals surface area contributed by atoms with Gasteiger partial charge in [0.05, 0.1) is 22.7 Å². The van der Waals surface area contributed by atoms with Gasteiger partial charge in [-0.1, -0.05) is 20.4 Å². The summed E-state index contributed by atoms with van der Waals surface area (Å²) in [6.07, 6.45) is 5.37. The van der Waals surface area contributed by atoms with Crippen LogP contribution in [0, 0.1) is 11.7 Å². The topological polar surface area (TPSA) is 123 Å². The second-order valence-corrected chi connectivity index (χ2v) is 9.23. The maximum absolute atomic E-state index is 13.8. The molecular formula is C24H27FN8O. The van der Waals surface area contributed by atoms with Gasteiger partial charge in [-0.2, -0.15) is 10.2 Å². The van der Waals surface area contributed by atoms with E-state index in [-0.39, 0.29) is 29.2 Å². The first-order chi connectivity index (χ1) is 16.2. The number of halogens is 1. The molecular weight excluding hydrogens is 435 g/mol. The van der Waals surface area contributed by atoms with E-state index in [0.29, 0.717) is 34.3 Å². The molecule has 0 unspecified atom stereocenters. The molecule has 5 rings (SSSR count). The molecule has 0 radical (unpaired) electrons. The van der Waals surface area contributed by atoms with Crippen molar-refractivity contribution in [3.05, 3.63) is 64.7 Å². The minimum absolute atomic E-state index is 0.0390. The maximum Gasteiger partial charge on any atom is 0.261 e. The van der Waals surface area contributed by atoms with E-state index >= 15 is 0 Å². The number of hydrogen-bond acceptors (Lipinski definition) is 6. The Morgan fingerprint density at radius 2 is 2.09 bits per heavy atom. The van der Waals surface area contributed by atoms with Crippen molar-refractivity contribution >= 4 is 22.4 Å². The SMILES string of the molecule is C=C(N)c1c(-c2cnn(CC(C)C)c2)nn(Cc2nc3ccc(F)cc3c(=O)n2C2CC2)c1N. The van der Waals surface area contributed by atoms with Gasteiger partial charge in [-0.05, 0) is 37.0 Å². The van der Waals surface area contributed by atoms with E-state index in [0.717, 1.165) is 24.9 Å². The molecule has 34 heavy (non-hydrogen) atoms. The van der Waals surface area contributed by atoms with Gasteiger partial charge in [0.1, 0.15) is 29.7 Å². The monoisotopic (exact) mass is 462 g/mol. The lowest BCUT2D eigenvalue weighted by Crippen LogP contribution is -2.26. The van der Waals surface area contributed by atoms with Crippen LogP contribution in [-0.4, -0.2) is 29.1 Å². The summed E-state index contributed by atoms with van der Waals surface area (Å²) in [6.45, 7) is 9.04. The van der Waals surface area contributed by atoms with Crippen LogP contribution in [0.3, 0.4) is 0 Å². The Balaban J connectivity index is 1.61. The third-order valence-electron chi connectivity index (χ3n) is 5.91. The van der Waals surface area contributed by atoms with E-state index in [2.05, 4.69) is 30.5 Å². The molecule has 176 valence electrons. The van der Waals surface area contributed by atoms with Gasteiger partial charge in [-0.3, -0.25) is 14.0 Å². The molecule has 4 N–H and O–H groups in total. The van der Waals surface area contributed by atoms with E-state index < -0.39 is 5.82 Å². The second kappa shape index (κ2) is 8.12. The average molecular weight is 463 g/mol. The van der Waals surface area contributed by atoms with Crippen molar-refractivity contribution in [2.45, 2.75) is 45.8 Å². The third kappa shape index (κ3) is 3.85. The van der Waals surface area contributed by atoms with Gasteiger partial charge in [-0.15, -0.1) is 0 Å². The van der Waals surface area contributed by atoms with Crippen molar-refractivity contribution < 1.29 is 4.39 Å². The van der Waals surface area contributed by atoms with Crippen molar-refractivity contribution in [1.82, 2.24) is 29.1 Å². The van der Waals surface area contributed by atoms with E-state index in [1.54, 1.807) is 15.4 Å². The van der Waals surface area contributed by atoms with Gasteiger partial charge in [0, 0.05) is 30.0 Å². The molecule has 1 aromatic carbocycles. The van der Waals surface area contributed by atoms with Crippen LogP contribution in [0.4, 0.5) is 10.2 Å². The van der Waals surface area contributed by atoms with Crippen molar-refractivity contribution in [3.63, 3.8) is 0 Å². The van der Waals surface area contributed by atoms with Crippen molar-refractivity contribution in [2.24, 2.45) is 11.7 Å². The number of anilines is 1. The molecule has 3 heterocycles. The Kier molecular flexibility index (Phi) is 5.22. The number of aromatic nitrogens is 6. The number of hydrogen-bond donors (Lipinski definition) is 2. The van der Waals surface area contributed by atoms with Gasteiger partial charge < -0.3 is 11.5 Å². The van der Waals surface area contributed by atoms with Gasteiger partial charge in [0.25, 0.3) is 5.56 Å². The van der Waals surface area contributed by atoms with Crippen molar-refractivity contribution in [2.75, 3.05) is 5.73 Å². The van der Waals surface area contributed by atoms with E-state index in [9.17, 15) is 9.18 Å². The molecule has 0 amide bonds. The van der Waals surface area contributed by atoms with E-state index in [1.807, 2.05) is 10.9 Å². The van der Waals surface area contributed by atoms with Crippen LogP contribution < -0.4 is 17.0 Å². The minimum atomic E-state index is -0.466. The molecule has 3 aromatic heterocycles. The lowest BCUT2D eigenvalue weighted by molar-refractivity contribution is 0.483. The minimum Gasteiger partial charge on any atom is -0.399 e. The smallest absolute Gasteiger partial charge is 0.261 e. The van der Waals surface area contributed by atoms with Crippen LogP contribution in [0.1, 0.15) is 44.1 Å². The summed E-state index contributed by atoms with van der Waals surface area (Å²) >= 11 is 0. The molecule has 0 bridgehead atoms. The fraction of sp³-hybridized carbons (Fsp3) is 0.333. The molecule has 0 spiro atoms. The molecule has 1 saturated carbocycles. The average Bonchev–Trinajstić information content (AvgIpc) is 3.40. The molecule has 0 saturated heterocycles. The zero-order valence-corrected chi connectivity index (χ0v) is 19.2. The Morgan fingerprint density at radius 1 is 1.32 bits per heavy atom. The number of nitrogens with two attached hydrogens (primary N) is 2. The van der Waals surface area contributed by atoms with Crippen molar-refractivity contribution in [1.29, 1.82) is 0 Å². The maximum atomic E-state index is 13.8. The van der Waals surface area contributed by atoms with Crippen LogP contribution in [-0.2, 0) is 13.1 Å². The van der Waals surface area contributed by atoms with Gasteiger partial charge in [0.15, 0.2) is 0 Å². The summed E-state index contributed by atoms with van der Waals surface area (Å²) < 4.78 is 18.9. The highest BCUT2D eigenvalue weighted by atomic mass is 19.1. The quantitative estimate of drug-likeness (QED) is 0.435. The molecule has 0 aliphatic heterocycles. The Bertz CT molecular complexity index is 1470. The Hall–Kier alpha value is -3.95. The summed E-state index contributed by atoms with van der Waals surface area (Å²) in [5.74, 6) is 0.810. The van der Waals surface area contributed by atoms with Crippen LogP contribution in [0.25, 0.3) is 27.9 Å². The number of benzene rings is 1. The molecule has 0 atom stereocenters. The number of fused-ring (bicyclic) bond motifs is 1. The van der Waals surface area contributed by atoms with Gasteiger partial charge >= 0.3 is 0 Å². The van der Waals surface area contributed by atoms with Crippen molar-refractivity contribution in [3.8, 4) is 11.3 Å².